The summed E-state index contributed by atoms with van der Waals surface area (Å²) in [6, 6.07) is 5.85. The summed E-state index contributed by atoms with van der Waals surface area (Å²) in [6.45, 7) is 20.6. The Morgan fingerprint density at radius 1 is 0.750 bits per heavy atom. The van der Waals surface area contributed by atoms with Crippen molar-refractivity contribution in [1.29, 1.82) is 0 Å². The number of unbranched alkanes of at least 4 members (excludes halogenated alkanes) is 9. The van der Waals surface area contributed by atoms with E-state index in [1.54, 1.807) is 0 Å². The van der Waals surface area contributed by atoms with E-state index in [9.17, 15) is 5.11 Å². The lowest BCUT2D eigenvalue weighted by Gasteiger charge is -2.30. The molecule has 32 heavy (non-hydrogen) atoms. The van der Waals surface area contributed by atoms with Gasteiger partial charge in [-0.1, -0.05) is 138 Å². The van der Waals surface area contributed by atoms with Crippen LogP contribution in [0.2, 0.25) is 19.1 Å². The third kappa shape index (κ3) is 10.7. The highest BCUT2D eigenvalue weighted by Gasteiger charge is 2.29. The molecule has 186 valence electrons. The minimum atomic E-state index is -1.24. The number of rotatable bonds is 14. The summed E-state index contributed by atoms with van der Waals surface area (Å²) in [5.74, 6) is 0.518. The van der Waals surface area contributed by atoms with Gasteiger partial charge in [0.15, 0.2) is 0 Å². The number of phenolic OH excluding ortho intramolecular Hbond substituents is 1. The van der Waals surface area contributed by atoms with Gasteiger partial charge in [0.2, 0.25) is 0 Å². The Bertz CT molecular complexity index is 667. The predicted octanol–water partition coefficient (Wildman–Crippen LogP) is 10.2. The molecule has 0 bridgehead atoms. The molecule has 0 aliphatic heterocycles. The van der Waals surface area contributed by atoms with Crippen LogP contribution in [-0.2, 0) is 10.8 Å². The summed E-state index contributed by atoms with van der Waals surface area (Å²) < 4.78 is 0. The van der Waals surface area contributed by atoms with Gasteiger partial charge in [-0.3, -0.25) is 0 Å². The van der Waals surface area contributed by atoms with Crippen molar-refractivity contribution in [2.75, 3.05) is 5.38 Å². The maximum absolute atomic E-state index is 11.2. The van der Waals surface area contributed by atoms with E-state index in [-0.39, 0.29) is 10.8 Å². The molecule has 1 N–H and O–H groups in total. The molecule has 0 saturated heterocycles. The highest BCUT2D eigenvalue weighted by molar-refractivity contribution is 8.01. The van der Waals surface area contributed by atoms with Gasteiger partial charge in [-0.25, -0.2) is 0 Å². The highest BCUT2D eigenvalue weighted by atomic mass is 32.2. The van der Waals surface area contributed by atoms with Crippen molar-refractivity contribution in [3.63, 3.8) is 0 Å². The van der Waals surface area contributed by atoms with Crippen molar-refractivity contribution >= 4 is 19.8 Å². The molecule has 0 atom stereocenters. The molecule has 1 aromatic carbocycles. The van der Waals surface area contributed by atoms with E-state index in [2.05, 4.69) is 73.7 Å². The Labute approximate surface area is 206 Å². The van der Waals surface area contributed by atoms with Crippen LogP contribution in [0.15, 0.2) is 17.0 Å². The lowest BCUT2D eigenvalue weighted by atomic mass is 9.79. The molecule has 0 spiro atoms. The summed E-state index contributed by atoms with van der Waals surface area (Å²) in [4.78, 5) is 1.28. The van der Waals surface area contributed by atoms with Crippen LogP contribution in [0.5, 0.6) is 5.75 Å². The minimum Gasteiger partial charge on any atom is -0.507 e. The van der Waals surface area contributed by atoms with E-state index in [0.29, 0.717) is 5.75 Å². The van der Waals surface area contributed by atoms with Crippen LogP contribution < -0.4 is 0 Å². The second-order valence-electron chi connectivity index (χ2n) is 12.7. The van der Waals surface area contributed by atoms with Gasteiger partial charge in [-0.2, -0.15) is 0 Å². The maximum atomic E-state index is 11.2. The number of benzene rings is 1. The Morgan fingerprint density at radius 3 is 1.72 bits per heavy atom. The van der Waals surface area contributed by atoms with Gasteiger partial charge < -0.3 is 5.11 Å². The lowest BCUT2D eigenvalue weighted by molar-refractivity contribution is 0.419. The molecule has 0 saturated carbocycles. The number of thioether (sulfide) groups is 1. The summed E-state index contributed by atoms with van der Waals surface area (Å²) in [7, 11) is -1.24. The van der Waals surface area contributed by atoms with Gasteiger partial charge in [0, 0.05) is 10.5 Å². The summed E-state index contributed by atoms with van der Waals surface area (Å²) >= 11 is 2.00. The molecule has 3 heteroatoms. The maximum Gasteiger partial charge on any atom is 0.124 e. The molecular weight excluding hydrogens is 424 g/mol. The van der Waals surface area contributed by atoms with Gasteiger partial charge >= 0.3 is 0 Å². The van der Waals surface area contributed by atoms with E-state index in [4.69, 9.17) is 0 Å². The third-order valence-corrected chi connectivity index (χ3v) is 12.6. The smallest absolute Gasteiger partial charge is 0.124 e. The molecular formula is C29H54OSSi. The first-order chi connectivity index (χ1) is 14.8. The van der Waals surface area contributed by atoms with Crippen LogP contribution in [0.4, 0.5) is 0 Å². The van der Waals surface area contributed by atoms with Gasteiger partial charge in [-0.05, 0) is 27.8 Å². The van der Waals surface area contributed by atoms with E-state index in [1.165, 1.54) is 80.5 Å². The lowest BCUT2D eigenvalue weighted by Crippen LogP contribution is -2.29. The first-order valence-corrected chi connectivity index (χ1v) is 17.7. The minimum absolute atomic E-state index is 0.0448. The Hall–Kier alpha value is -0.413. The van der Waals surface area contributed by atoms with E-state index < -0.39 is 8.07 Å². The van der Waals surface area contributed by atoms with Crippen molar-refractivity contribution in [3.05, 3.63) is 23.3 Å². The zero-order valence-corrected chi connectivity index (χ0v) is 24.8. The van der Waals surface area contributed by atoms with Gasteiger partial charge in [-0.15, -0.1) is 11.8 Å². The average molecular weight is 479 g/mol. The zero-order valence-electron chi connectivity index (χ0n) is 23.0. The standard InChI is InChI=1S/C29H54OSSi/c1-10-11-12-13-14-15-16-17-18-19-22-32(8,9)23-31-25-21-20-24(28(2,3)4)27(30)26(25)29(5,6)7/h20-21,30H,10-19,22-23H2,1-9H3. The van der Waals surface area contributed by atoms with Crippen LogP contribution in [0, 0.1) is 0 Å². The van der Waals surface area contributed by atoms with Gasteiger partial charge in [0.1, 0.15) is 5.75 Å². The van der Waals surface area contributed by atoms with E-state index in [0.717, 1.165) is 11.1 Å². The van der Waals surface area contributed by atoms with Crippen LogP contribution >= 0.6 is 11.8 Å². The molecule has 0 unspecified atom stereocenters. The normalized spacial score (nSPS) is 13.0. The predicted molar refractivity (Wildman–Crippen MR) is 150 cm³/mol. The van der Waals surface area contributed by atoms with Crippen LogP contribution in [0.3, 0.4) is 0 Å². The Balaban J connectivity index is 2.55. The highest BCUT2D eigenvalue weighted by Crippen LogP contribution is 2.44. The van der Waals surface area contributed by atoms with Crippen LogP contribution in [-0.4, -0.2) is 18.6 Å². The van der Waals surface area contributed by atoms with Gasteiger partial charge in [0.05, 0.1) is 8.07 Å². The largest absolute Gasteiger partial charge is 0.507 e. The number of hydrogen-bond acceptors (Lipinski definition) is 2. The van der Waals surface area contributed by atoms with Crippen molar-refractivity contribution in [1.82, 2.24) is 0 Å². The van der Waals surface area contributed by atoms with Crippen molar-refractivity contribution < 1.29 is 5.11 Å². The molecule has 0 amide bonds. The second kappa shape index (κ2) is 13.5. The van der Waals surface area contributed by atoms with Gasteiger partial charge in [0.25, 0.3) is 0 Å². The fraction of sp³-hybridized carbons (Fsp3) is 0.793. The first kappa shape index (κ1) is 29.6. The Kier molecular flexibility index (Phi) is 12.5. The summed E-state index contributed by atoms with van der Waals surface area (Å²) in [5.41, 5.74) is 2.10. The zero-order chi connectivity index (χ0) is 24.4. The first-order valence-electron chi connectivity index (χ1n) is 13.3. The fourth-order valence-corrected chi connectivity index (χ4v) is 9.14. The van der Waals surface area contributed by atoms with Crippen LogP contribution in [0.1, 0.15) is 124 Å². The van der Waals surface area contributed by atoms with Crippen molar-refractivity contribution in [2.45, 2.75) is 148 Å². The number of hydrogen-bond donors (Lipinski definition) is 1. The molecule has 1 nitrogen and oxygen atoms in total. The molecule has 0 radical (unpaired) electrons. The summed E-state index contributed by atoms with van der Waals surface area (Å²) in [5, 5.41) is 12.4. The third-order valence-electron chi connectivity index (χ3n) is 6.52. The summed E-state index contributed by atoms with van der Waals surface area (Å²) in [6.07, 6.45) is 14.2. The molecule has 0 aromatic heterocycles. The molecule has 0 aliphatic rings. The number of aromatic hydroxyl groups is 1. The monoisotopic (exact) mass is 478 g/mol. The molecule has 0 heterocycles. The Morgan fingerprint density at radius 2 is 1.25 bits per heavy atom. The van der Waals surface area contributed by atoms with E-state index in [1.807, 2.05) is 11.8 Å². The fourth-order valence-electron chi connectivity index (χ4n) is 4.46. The number of phenols is 1. The van der Waals surface area contributed by atoms with Crippen molar-refractivity contribution in [3.8, 4) is 5.75 Å². The molecule has 0 aliphatic carbocycles. The van der Waals surface area contributed by atoms with Crippen molar-refractivity contribution in [2.24, 2.45) is 0 Å². The quantitative estimate of drug-likeness (QED) is 0.163. The van der Waals surface area contributed by atoms with E-state index >= 15 is 0 Å². The molecule has 0 fully saturated rings. The van der Waals surface area contributed by atoms with Crippen LogP contribution in [0.25, 0.3) is 0 Å². The molecule has 1 aromatic rings. The average Bonchev–Trinajstić information content (AvgIpc) is 2.66. The second-order valence-corrected chi connectivity index (χ2v) is 19.4. The molecule has 1 rings (SSSR count). The topological polar surface area (TPSA) is 20.2 Å². The SMILES string of the molecule is CCCCCCCCCCCC[Si](C)(C)CSc1ccc(C(C)(C)C)c(O)c1C(C)(C)C.